The van der Waals surface area contributed by atoms with Gasteiger partial charge in [0, 0.05) is 29.9 Å². The normalized spacial score (nSPS) is 18.7. The fourth-order valence-corrected chi connectivity index (χ4v) is 3.04. The molecule has 1 aromatic heterocycles. The van der Waals surface area contributed by atoms with Crippen LogP contribution in [0.5, 0.6) is 0 Å². The van der Waals surface area contributed by atoms with Gasteiger partial charge >= 0.3 is 0 Å². The lowest BCUT2D eigenvalue weighted by Crippen LogP contribution is -2.32. The number of nitrogens with two attached hydrogens (primary N) is 1. The van der Waals surface area contributed by atoms with Crippen LogP contribution in [0.25, 0.3) is 0 Å². The van der Waals surface area contributed by atoms with Crippen molar-refractivity contribution in [1.29, 1.82) is 0 Å². The summed E-state index contributed by atoms with van der Waals surface area (Å²) >= 11 is 6.29. The third-order valence-electron chi connectivity index (χ3n) is 3.81. The maximum absolute atomic E-state index is 13.7. The van der Waals surface area contributed by atoms with E-state index in [1.165, 1.54) is 12.1 Å². The largest absolute Gasteiger partial charge is 0.379 e. The van der Waals surface area contributed by atoms with Crippen LogP contribution in [0.15, 0.2) is 24.3 Å². The quantitative estimate of drug-likeness (QED) is 0.912. The topological polar surface area (TPSA) is 64.3 Å². The molecule has 122 valence electrons. The van der Waals surface area contributed by atoms with Gasteiger partial charge in [-0.05, 0) is 37.1 Å². The molecule has 1 aliphatic heterocycles. The van der Waals surface area contributed by atoms with Gasteiger partial charge in [-0.25, -0.2) is 9.37 Å². The predicted molar refractivity (Wildman–Crippen MR) is 88.1 cm³/mol. The smallest absolute Gasteiger partial charge is 0.222 e. The minimum absolute atomic E-state index is 0.217. The van der Waals surface area contributed by atoms with E-state index in [0.29, 0.717) is 36.2 Å². The van der Waals surface area contributed by atoms with Crippen molar-refractivity contribution in [3.8, 4) is 0 Å². The van der Waals surface area contributed by atoms with Crippen molar-refractivity contribution >= 4 is 23.4 Å². The van der Waals surface area contributed by atoms with Gasteiger partial charge in [-0.2, -0.15) is 4.98 Å². The molecule has 0 saturated carbocycles. The summed E-state index contributed by atoms with van der Waals surface area (Å²) in [6.07, 6.45) is 0.840. The summed E-state index contributed by atoms with van der Waals surface area (Å²) in [7, 11) is 0. The second kappa shape index (κ2) is 6.68. The summed E-state index contributed by atoms with van der Waals surface area (Å²) in [5.74, 6) is 0.590. The Bertz CT molecular complexity index is 692. The van der Waals surface area contributed by atoms with Gasteiger partial charge in [0.15, 0.2) is 0 Å². The van der Waals surface area contributed by atoms with Gasteiger partial charge in [-0.3, -0.25) is 0 Å². The van der Waals surface area contributed by atoms with Gasteiger partial charge < -0.3 is 15.4 Å². The number of benzene rings is 1. The molecule has 0 amide bonds. The van der Waals surface area contributed by atoms with Crippen molar-refractivity contribution in [2.24, 2.45) is 0 Å². The lowest BCUT2D eigenvalue weighted by Gasteiger charge is -2.31. The Balaban J connectivity index is 2.05. The highest BCUT2D eigenvalue weighted by molar-refractivity contribution is 6.31. The molecular formula is C16H18ClFN4O. The van der Waals surface area contributed by atoms with E-state index in [1.807, 2.05) is 13.0 Å². The zero-order valence-electron chi connectivity index (χ0n) is 12.8. The molecule has 1 aromatic carbocycles. The average Bonchev–Trinajstić information content (AvgIpc) is 2.74. The number of aromatic nitrogens is 2. The third kappa shape index (κ3) is 3.54. The van der Waals surface area contributed by atoms with E-state index >= 15 is 0 Å². The van der Waals surface area contributed by atoms with Gasteiger partial charge in [-0.15, -0.1) is 0 Å². The molecule has 23 heavy (non-hydrogen) atoms. The van der Waals surface area contributed by atoms with Crippen LogP contribution in [0.1, 0.15) is 23.7 Å². The molecule has 2 heterocycles. The van der Waals surface area contributed by atoms with Crippen LogP contribution in [0.3, 0.4) is 0 Å². The van der Waals surface area contributed by atoms with Crippen molar-refractivity contribution in [1.82, 2.24) is 9.97 Å². The molecule has 1 saturated heterocycles. The average molecular weight is 337 g/mol. The third-order valence-corrected chi connectivity index (χ3v) is 4.15. The van der Waals surface area contributed by atoms with Crippen LogP contribution < -0.4 is 10.6 Å². The minimum Gasteiger partial charge on any atom is -0.379 e. The summed E-state index contributed by atoms with van der Waals surface area (Å²) in [6.45, 7) is 3.62. The first-order valence-electron chi connectivity index (χ1n) is 7.45. The second-order valence-electron chi connectivity index (χ2n) is 5.53. The van der Waals surface area contributed by atoms with Crippen molar-refractivity contribution < 1.29 is 9.13 Å². The highest BCUT2D eigenvalue weighted by Crippen LogP contribution is 2.33. The number of nitrogens with zero attached hydrogens (tertiary/aromatic N) is 3. The van der Waals surface area contributed by atoms with E-state index in [2.05, 4.69) is 14.9 Å². The van der Waals surface area contributed by atoms with Crippen LogP contribution in [0.2, 0.25) is 5.02 Å². The molecule has 0 bridgehead atoms. The number of halogens is 2. The molecule has 3 rings (SSSR count). The lowest BCUT2D eigenvalue weighted by molar-refractivity contribution is 0.134. The zero-order valence-corrected chi connectivity index (χ0v) is 13.6. The van der Waals surface area contributed by atoms with Crippen molar-refractivity contribution in [3.63, 3.8) is 0 Å². The van der Waals surface area contributed by atoms with Crippen molar-refractivity contribution in [2.45, 2.75) is 19.4 Å². The van der Waals surface area contributed by atoms with Crippen LogP contribution >= 0.6 is 11.6 Å². The fraction of sp³-hybridized carbons (Fsp3) is 0.375. The maximum Gasteiger partial charge on any atom is 0.222 e. The summed E-state index contributed by atoms with van der Waals surface area (Å²) in [5, 5.41) is 0.505. The van der Waals surface area contributed by atoms with E-state index in [-0.39, 0.29) is 17.8 Å². The number of ether oxygens (including phenoxy) is 1. The minimum atomic E-state index is -0.327. The van der Waals surface area contributed by atoms with Crippen LogP contribution in [0, 0.1) is 12.7 Å². The summed E-state index contributed by atoms with van der Waals surface area (Å²) < 4.78 is 19.4. The molecule has 1 aliphatic rings. The first-order valence-corrected chi connectivity index (χ1v) is 7.83. The predicted octanol–water partition coefficient (Wildman–Crippen LogP) is 3.13. The van der Waals surface area contributed by atoms with Crippen molar-refractivity contribution in [2.75, 3.05) is 30.4 Å². The molecule has 0 spiro atoms. The Morgan fingerprint density at radius 3 is 2.96 bits per heavy atom. The maximum atomic E-state index is 13.7. The fourth-order valence-electron chi connectivity index (χ4n) is 2.80. The highest BCUT2D eigenvalue weighted by atomic mass is 35.5. The van der Waals surface area contributed by atoms with Crippen LogP contribution in [-0.4, -0.2) is 29.7 Å². The molecule has 5 nitrogen and oxygen atoms in total. The molecule has 0 unspecified atom stereocenters. The van der Waals surface area contributed by atoms with Gasteiger partial charge in [0.25, 0.3) is 0 Å². The van der Waals surface area contributed by atoms with E-state index in [9.17, 15) is 4.39 Å². The lowest BCUT2D eigenvalue weighted by atomic mass is 10.1. The number of anilines is 2. The standard InChI is InChI=1S/C16H18ClFN4O/c1-10-7-15(21-16(19)20-10)22-5-2-6-23-9-14(22)12-8-11(18)3-4-13(12)17/h3-4,7-8,14H,2,5-6,9H2,1H3,(H2,19,20,21)/t14-/m0/s1. The Morgan fingerprint density at radius 1 is 1.35 bits per heavy atom. The molecule has 1 atom stereocenters. The van der Waals surface area contributed by atoms with E-state index in [0.717, 1.165) is 12.1 Å². The Labute approximate surface area is 139 Å². The monoisotopic (exact) mass is 336 g/mol. The number of hydrogen-bond acceptors (Lipinski definition) is 5. The number of aryl methyl sites for hydroxylation is 1. The Hall–Kier alpha value is -1.92. The SMILES string of the molecule is Cc1cc(N2CCCOC[C@H]2c2cc(F)ccc2Cl)nc(N)n1. The molecule has 7 heteroatoms. The Morgan fingerprint density at radius 2 is 2.17 bits per heavy atom. The second-order valence-corrected chi connectivity index (χ2v) is 5.94. The van der Waals surface area contributed by atoms with Crippen LogP contribution in [-0.2, 0) is 4.74 Å². The molecule has 0 aliphatic carbocycles. The Kier molecular flexibility index (Phi) is 4.63. The summed E-state index contributed by atoms with van der Waals surface area (Å²) in [4.78, 5) is 10.5. The van der Waals surface area contributed by atoms with Gasteiger partial charge in [-0.1, -0.05) is 11.6 Å². The summed E-state index contributed by atoms with van der Waals surface area (Å²) in [5.41, 5.74) is 7.24. The molecular weight excluding hydrogens is 319 g/mol. The van der Waals surface area contributed by atoms with Gasteiger partial charge in [0.2, 0.25) is 5.95 Å². The van der Waals surface area contributed by atoms with E-state index in [4.69, 9.17) is 22.1 Å². The number of nitrogen functional groups attached to an aromatic ring is 1. The van der Waals surface area contributed by atoms with Crippen LogP contribution in [0.4, 0.5) is 16.2 Å². The van der Waals surface area contributed by atoms with Crippen molar-refractivity contribution in [3.05, 3.63) is 46.4 Å². The number of rotatable bonds is 2. The molecule has 2 N–H and O–H groups in total. The van der Waals surface area contributed by atoms with Gasteiger partial charge in [0.1, 0.15) is 11.6 Å². The molecule has 1 fully saturated rings. The zero-order chi connectivity index (χ0) is 16.4. The molecule has 0 radical (unpaired) electrons. The first kappa shape index (κ1) is 16.0. The summed E-state index contributed by atoms with van der Waals surface area (Å²) in [6, 6.07) is 6.00. The highest BCUT2D eigenvalue weighted by Gasteiger charge is 2.27. The van der Waals surface area contributed by atoms with E-state index in [1.54, 1.807) is 6.07 Å². The number of hydrogen-bond donors (Lipinski definition) is 1. The van der Waals surface area contributed by atoms with E-state index < -0.39 is 0 Å². The first-order chi connectivity index (χ1) is 11.0. The van der Waals surface area contributed by atoms with Gasteiger partial charge in [0.05, 0.1) is 12.6 Å². The molecule has 2 aromatic rings.